The molecule has 2 aromatic carbocycles. The van der Waals surface area contributed by atoms with Crippen LogP contribution in [0.5, 0.6) is 0 Å². The molecule has 2 aromatic rings. The topological polar surface area (TPSA) is 44.8 Å². The van der Waals surface area contributed by atoms with Gasteiger partial charge in [-0.1, -0.05) is 48.6 Å². The molecule has 2 unspecified atom stereocenters. The number of rotatable bonds is 1. The predicted molar refractivity (Wildman–Crippen MR) is 168 cm³/mol. The zero-order valence-electron chi connectivity index (χ0n) is 25.7. The number of nitrogens with zero attached hydrogens (tertiary/aromatic N) is 2. The minimum Gasteiger partial charge on any atom is -0.392 e. The lowest BCUT2D eigenvalue weighted by molar-refractivity contribution is -0.916. The van der Waals surface area contributed by atoms with E-state index in [0.29, 0.717) is 47.8 Å². The maximum absolute atomic E-state index is 10.3. The lowest BCUT2D eigenvalue weighted by Gasteiger charge is -2.68. The third kappa shape index (κ3) is 2.37. The Morgan fingerprint density at radius 2 is 1.32 bits per heavy atom. The molecule has 8 aliphatic heterocycles. The second-order valence-corrected chi connectivity index (χ2v) is 16.2. The van der Waals surface area contributed by atoms with E-state index in [1.165, 1.54) is 62.3 Å². The van der Waals surface area contributed by atoms with Crippen molar-refractivity contribution < 1.29 is 19.6 Å². The molecule has 14 atom stereocenters. The highest BCUT2D eigenvalue weighted by Gasteiger charge is 2.80. The first-order valence-corrected chi connectivity index (χ1v) is 17.8. The van der Waals surface area contributed by atoms with E-state index in [1.54, 1.807) is 21.6 Å². The van der Waals surface area contributed by atoms with Crippen LogP contribution in [0.25, 0.3) is 0 Å². The Hall–Kier alpha value is -2.64. The molecular formula is C38H44N4O2+2. The monoisotopic (exact) mass is 588 g/mol. The molecule has 3 N–H and O–H groups in total. The molecule has 2 spiro atoms. The van der Waals surface area contributed by atoms with Gasteiger partial charge in [-0.05, 0) is 41.3 Å². The molecule has 8 fully saturated rings. The summed E-state index contributed by atoms with van der Waals surface area (Å²) in [6, 6.07) is 21.5. The van der Waals surface area contributed by atoms with Gasteiger partial charge in [0.25, 0.3) is 0 Å². The average Bonchev–Trinajstić information content (AvgIpc) is 3.81. The van der Waals surface area contributed by atoms with E-state index >= 15 is 0 Å². The summed E-state index contributed by atoms with van der Waals surface area (Å²) in [6.45, 7) is 7.32. The maximum Gasteiger partial charge on any atom is 0.138 e. The highest BCUT2D eigenvalue weighted by atomic mass is 16.5. The van der Waals surface area contributed by atoms with Gasteiger partial charge in [0.05, 0.1) is 55.7 Å². The minimum atomic E-state index is 0.0846. The highest BCUT2D eigenvalue weighted by molar-refractivity contribution is 5.72. The molecule has 6 saturated heterocycles. The minimum absolute atomic E-state index is 0.0846. The Balaban J connectivity index is 1.15. The first kappa shape index (κ1) is 24.6. The normalized spacial score (nSPS) is 52.2. The van der Waals surface area contributed by atoms with Gasteiger partial charge >= 0.3 is 0 Å². The molecule has 44 heavy (non-hydrogen) atoms. The average molecular weight is 589 g/mol. The molecule has 10 aliphatic rings. The maximum atomic E-state index is 10.3. The molecule has 6 heteroatoms. The summed E-state index contributed by atoms with van der Waals surface area (Å²) in [5, 5.41) is 10.3. The SMILES string of the molecule is C/C=C1/C[NH+]2CC[C@]34c5ccccc5N5[C@@H]6O[C@H]([C@H]([C@H]53)[C@H]1C[C@H]24)N1c2ccccc2[C@]23CC[NH+]4C/C(=C/CO)[C@H](C[C@H]42)[C@H]6[C@H]13. The fourth-order valence-corrected chi connectivity index (χ4v) is 14.7. The van der Waals surface area contributed by atoms with Gasteiger partial charge in [-0.3, -0.25) is 0 Å². The summed E-state index contributed by atoms with van der Waals surface area (Å²) >= 11 is 0. The van der Waals surface area contributed by atoms with Crippen LogP contribution in [0, 0.1) is 23.7 Å². The zero-order chi connectivity index (χ0) is 28.7. The van der Waals surface area contributed by atoms with Crippen LogP contribution in [-0.2, 0) is 15.6 Å². The number of nitrogens with one attached hydrogen (secondary N) is 2. The van der Waals surface area contributed by atoms with Crippen LogP contribution >= 0.6 is 0 Å². The smallest absolute Gasteiger partial charge is 0.138 e. The number of fused-ring (bicyclic) bond motifs is 14. The van der Waals surface area contributed by atoms with Crippen molar-refractivity contribution in [2.24, 2.45) is 23.7 Å². The van der Waals surface area contributed by atoms with Crippen molar-refractivity contribution in [3.8, 4) is 0 Å². The number of aliphatic hydroxyl groups excluding tert-OH is 1. The van der Waals surface area contributed by atoms with Crippen molar-refractivity contribution in [1.29, 1.82) is 0 Å². The number of hydrogen-bond donors (Lipinski definition) is 3. The Kier molecular flexibility index (Phi) is 4.37. The van der Waals surface area contributed by atoms with E-state index in [2.05, 4.69) is 77.4 Å². The predicted octanol–water partition coefficient (Wildman–Crippen LogP) is 1.41. The number of piperidine rings is 2. The number of ether oxygens (including phenoxy) is 1. The molecule has 2 saturated carbocycles. The Labute approximate surface area is 259 Å². The first-order chi connectivity index (χ1) is 21.7. The van der Waals surface area contributed by atoms with E-state index in [-0.39, 0.29) is 29.9 Å². The van der Waals surface area contributed by atoms with Crippen LogP contribution in [0.3, 0.4) is 0 Å². The fourth-order valence-electron chi connectivity index (χ4n) is 14.7. The molecule has 2 aliphatic carbocycles. The Morgan fingerprint density at radius 3 is 1.86 bits per heavy atom. The van der Waals surface area contributed by atoms with Crippen molar-refractivity contribution in [2.75, 3.05) is 42.6 Å². The Morgan fingerprint density at radius 1 is 0.795 bits per heavy atom. The lowest BCUT2D eigenvalue weighted by atomic mass is 9.51. The number of hydrogen-bond acceptors (Lipinski definition) is 4. The van der Waals surface area contributed by atoms with E-state index < -0.39 is 0 Å². The lowest BCUT2D eigenvalue weighted by Crippen LogP contribution is -3.17. The molecule has 6 bridgehead atoms. The van der Waals surface area contributed by atoms with E-state index in [4.69, 9.17) is 4.74 Å². The van der Waals surface area contributed by atoms with Crippen LogP contribution in [-0.4, -0.2) is 74.5 Å². The summed E-state index contributed by atoms with van der Waals surface area (Å²) in [5.41, 5.74) is 9.88. The second-order valence-electron chi connectivity index (χ2n) is 16.2. The number of anilines is 2. The van der Waals surface area contributed by atoms with Gasteiger partial charge in [-0.15, -0.1) is 0 Å². The van der Waals surface area contributed by atoms with Crippen LogP contribution in [0.15, 0.2) is 71.8 Å². The van der Waals surface area contributed by atoms with Gasteiger partial charge < -0.3 is 29.4 Å². The van der Waals surface area contributed by atoms with Crippen LogP contribution in [0.4, 0.5) is 11.4 Å². The van der Waals surface area contributed by atoms with Crippen LogP contribution in [0.1, 0.15) is 43.7 Å². The molecule has 0 amide bonds. The van der Waals surface area contributed by atoms with Gasteiger partial charge in [-0.2, -0.15) is 0 Å². The van der Waals surface area contributed by atoms with Crippen molar-refractivity contribution in [1.82, 2.24) is 0 Å². The first-order valence-electron chi connectivity index (χ1n) is 17.8. The zero-order valence-corrected chi connectivity index (χ0v) is 25.7. The largest absolute Gasteiger partial charge is 0.392 e. The second kappa shape index (κ2) is 7.83. The van der Waals surface area contributed by atoms with Gasteiger partial charge in [0.15, 0.2) is 0 Å². The molecule has 12 rings (SSSR count). The van der Waals surface area contributed by atoms with Crippen molar-refractivity contribution >= 4 is 11.4 Å². The quantitative estimate of drug-likeness (QED) is 0.441. The van der Waals surface area contributed by atoms with Crippen LogP contribution < -0.4 is 19.6 Å². The van der Waals surface area contributed by atoms with Gasteiger partial charge in [0.2, 0.25) is 0 Å². The summed E-state index contributed by atoms with van der Waals surface area (Å²) in [4.78, 5) is 9.48. The van der Waals surface area contributed by atoms with Crippen molar-refractivity contribution in [2.45, 2.75) is 80.1 Å². The molecular weight excluding hydrogens is 544 g/mol. The highest BCUT2D eigenvalue weighted by Crippen LogP contribution is 2.69. The number of aliphatic hydroxyl groups is 1. The summed E-state index contributed by atoms with van der Waals surface area (Å²) in [5.74, 6) is 1.91. The van der Waals surface area contributed by atoms with E-state index in [9.17, 15) is 5.11 Å². The standard InChI is InChI=1S/C38H42N4O2/c1-2-21-19-39-14-12-37-25-7-3-5-9-27(25)41-33(37)31(23(21)17-29(37)39)35-42-28-10-6-4-8-26(28)38-13-15-40-20-22(11-16-43)24(18-30(38)40)32(34(38)42)36(41)44-35/h2-11,23-24,29-36,43H,12-20H2,1H3/p+2/b21-2-,22-11-/t23-,24-,29-,30-,31-,32-,33-,34-,35+,36+,37+,38+/m0/s1. The molecule has 8 heterocycles. The molecule has 226 valence electrons. The van der Waals surface area contributed by atoms with Gasteiger partial charge in [-0.25, -0.2) is 0 Å². The third-order valence-corrected chi connectivity index (χ3v) is 15.6. The third-order valence-electron chi connectivity index (χ3n) is 15.6. The number of benzene rings is 2. The number of quaternary nitrogens is 2. The summed E-state index contributed by atoms with van der Waals surface area (Å²) < 4.78 is 7.76. The van der Waals surface area contributed by atoms with E-state index in [0.717, 1.165) is 6.54 Å². The summed E-state index contributed by atoms with van der Waals surface area (Å²) in [7, 11) is 0. The molecule has 0 aromatic heterocycles. The van der Waals surface area contributed by atoms with Crippen LogP contribution in [0.2, 0.25) is 0 Å². The summed E-state index contributed by atoms with van der Waals surface area (Å²) in [6.07, 6.45) is 10.0. The molecule has 6 nitrogen and oxygen atoms in total. The number of para-hydroxylation sites is 2. The van der Waals surface area contributed by atoms with Crippen molar-refractivity contribution in [3.05, 3.63) is 83.0 Å². The number of allylic oxidation sites excluding steroid dienone is 1. The fraction of sp³-hybridized carbons (Fsp3) is 0.579. The van der Waals surface area contributed by atoms with E-state index in [1.807, 2.05) is 4.90 Å². The van der Waals surface area contributed by atoms with Crippen molar-refractivity contribution in [3.63, 3.8) is 0 Å². The Bertz CT molecular complexity index is 1690. The molecule has 0 radical (unpaired) electrons. The van der Waals surface area contributed by atoms with Gasteiger partial charge in [0, 0.05) is 60.7 Å². The van der Waals surface area contributed by atoms with Gasteiger partial charge in [0.1, 0.15) is 24.5 Å².